The zero-order chi connectivity index (χ0) is 23.5. The topological polar surface area (TPSA) is 78.2 Å². The van der Waals surface area contributed by atoms with Crippen LogP contribution in [-0.2, 0) is 4.74 Å². The van der Waals surface area contributed by atoms with Crippen LogP contribution >= 0.6 is 11.6 Å². The van der Waals surface area contributed by atoms with Crippen LogP contribution in [0, 0.1) is 0 Å². The normalized spacial score (nSPS) is 15.2. The van der Waals surface area contributed by atoms with Crippen molar-refractivity contribution in [3.05, 3.63) is 68.5 Å². The number of halogens is 1. The third-order valence-electron chi connectivity index (χ3n) is 5.72. The van der Waals surface area contributed by atoms with E-state index in [9.17, 15) is 9.59 Å². The van der Waals surface area contributed by atoms with Crippen molar-refractivity contribution >= 4 is 28.5 Å². The molecule has 33 heavy (non-hydrogen) atoms. The number of nitrogens with zero attached hydrogens (tertiary/aromatic N) is 1. The molecule has 1 amide bonds. The van der Waals surface area contributed by atoms with Gasteiger partial charge in [-0.3, -0.25) is 9.59 Å². The molecule has 0 saturated heterocycles. The van der Waals surface area contributed by atoms with Gasteiger partial charge in [-0.05, 0) is 42.3 Å². The molecular weight excluding hydrogens is 446 g/mol. The third-order valence-corrected chi connectivity index (χ3v) is 5.96. The maximum Gasteiger partial charge on any atom is 0.290 e. The van der Waals surface area contributed by atoms with Gasteiger partial charge < -0.3 is 23.5 Å². The summed E-state index contributed by atoms with van der Waals surface area (Å²) in [6, 6.07) is 9.59. The molecule has 0 bridgehead atoms. The van der Waals surface area contributed by atoms with Gasteiger partial charge in [-0.15, -0.1) is 0 Å². The molecule has 0 radical (unpaired) electrons. The van der Waals surface area contributed by atoms with Gasteiger partial charge in [0.25, 0.3) is 5.91 Å². The zero-order valence-electron chi connectivity index (χ0n) is 18.9. The monoisotopic (exact) mass is 471 g/mol. The van der Waals surface area contributed by atoms with Crippen LogP contribution in [0.4, 0.5) is 0 Å². The molecule has 2 aromatic carbocycles. The van der Waals surface area contributed by atoms with Gasteiger partial charge in [-0.2, -0.15) is 0 Å². The van der Waals surface area contributed by atoms with Gasteiger partial charge in [0.15, 0.2) is 16.9 Å². The predicted octanol–water partition coefficient (Wildman–Crippen LogP) is 4.83. The number of amides is 1. The lowest BCUT2D eigenvalue weighted by molar-refractivity contribution is 0.0663. The SMILES string of the molecule is CCCCOc1ccc(C2c3c(oc4ccc(Cl)cc4c3=O)C(=O)N2CCOC)cc1OC. The van der Waals surface area contributed by atoms with Crippen LogP contribution in [0.3, 0.4) is 0 Å². The van der Waals surface area contributed by atoms with Gasteiger partial charge in [0, 0.05) is 18.7 Å². The van der Waals surface area contributed by atoms with Crippen LogP contribution in [0.2, 0.25) is 5.02 Å². The highest BCUT2D eigenvalue weighted by Crippen LogP contribution is 2.41. The molecule has 0 saturated carbocycles. The molecule has 3 aromatic rings. The van der Waals surface area contributed by atoms with Crippen molar-refractivity contribution in [1.29, 1.82) is 0 Å². The second-order valence-electron chi connectivity index (χ2n) is 7.82. The molecule has 0 spiro atoms. The molecule has 1 aliphatic rings. The molecule has 2 heterocycles. The number of ether oxygens (including phenoxy) is 3. The highest BCUT2D eigenvalue weighted by atomic mass is 35.5. The summed E-state index contributed by atoms with van der Waals surface area (Å²) in [6.45, 7) is 3.27. The summed E-state index contributed by atoms with van der Waals surface area (Å²) in [5.74, 6) is 0.825. The molecule has 0 N–H and O–H groups in total. The number of benzene rings is 2. The highest BCUT2D eigenvalue weighted by molar-refractivity contribution is 6.31. The number of methoxy groups -OCH3 is 2. The van der Waals surface area contributed by atoms with Crippen LogP contribution in [-0.4, -0.2) is 44.8 Å². The Kier molecular flexibility index (Phi) is 6.91. The van der Waals surface area contributed by atoms with E-state index < -0.39 is 6.04 Å². The van der Waals surface area contributed by atoms with Gasteiger partial charge in [0.2, 0.25) is 5.76 Å². The molecule has 174 valence electrons. The minimum absolute atomic E-state index is 0.0400. The average molecular weight is 472 g/mol. The molecule has 1 aromatic heterocycles. The van der Waals surface area contributed by atoms with Crippen molar-refractivity contribution in [3.8, 4) is 11.5 Å². The van der Waals surface area contributed by atoms with E-state index in [0.717, 1.165) is 12.8 Å². The van der Waals surface area contributed by atoms with Crippen LogP contribution in [0.15, 0.2) is 45.6 Å². The standard InChI is InChI=1S/C25H26ClNO6/c1-4-5-11-32-19-8-6-15(13-20(19)31-3)22-21-23(28)17-14-16(26)7-9-18(17)33-24(21)25(29)27(22)10-12-30-2/h6-9,13-14,22H,4-5,10-12H2,1-3H3. The molecule has 0 fully saturated rings. The van der Waals surface area contributed by atoms with E-state index in [4.69, 9.17) is 30.2 Å². The van der Waals surface area contributed by atoms with E-state index in [1.54, 1.807) is 49.5 Å². The Labute approximate surface area is 196 Å². The fourth-order valence-corrected chi connectivity index (χ4v) is 4.23. The van der Waals surface area contributed by atoms with Gasteiger partial charge in [-0.1, -0.05) is 31.0 Å². The lowest BCUT2D eigenvalue weighted by Gasteiger charge is -2.25. The number of carbonyl (C=O) groups is 1. The van der Waals surface area contributed by atoms with Gasteiger partial charge in [0.05, 0.1) is 37.3 Å². The van der Waals surface area contributed by atoms with Crippen LogP contribution in [0.25, 0.3) is 11.0 Å². The van der Waals surface area contributed by atoms with Gasteiger partial charge in [-0.25, -0.2) is 0 Å². The van der Waals surface area contributed by atoms with Crippen molar-refractivity contribution in [2.24, 2.45) is 0 Å². The first-order chi connectivity index (χ1) is 16.0. The van der Waals surface area contributed by atoms with E-state index in [-0.39, 0.29) is 29.2 Å². The zero-order valence-corrected chi connectivity index (χ0v) is 19.6. The average Bonchev–Trinajstić information content (AvgIpc) is 3.10. The summed E-state index contributed by atoms with van der Waals surface area (Å²) < 4.78 is 22.5. The smallest absolute Gasteiger partial charge is 0.290 e. The first-order valence-corrected chi connectivity index (χ1v) is 11.2. The second-order valence-corrected chi connectivity index (χ2v) is 8.26. The maximum atomic E-state index is 13.5. The number of rotatable bonds is 9. The lowest BCUT2D eigenvalue weighted by Crippen LogP contribution is -2.32. The summed E-state index contributed by atoms with van der Waals surface area (Å²) in [7, 11) is 3.12. The molecule has 8 heteroatoms. The Morgan fingerprint density at radius 1 is 1.06 bits per heavy atom. The summed E-state index contributed by atoms with van der Waals surface area (Å²) in [4.78, 5) is 28.4. The van der Waals surface area contributed by atoms with Crippen LogP contribution < -0.4 is 14.9 Å². The van der Waals surface area contributed by atoms with E-state index in [1.807, 2.05) is 6.07 Å². The van der Waals surface area contributed by atoms with E-state index in [1.165, 1.54) is 0 Å². The van der Waals surface area contributed by atoms with Crippen molar-refractivity contribution in [1.82, 2.24) is 4.90 Å². The third kappa shape index (κ3) is 4.30. The number of fused-ring (bicyclic) bond motifs is 2. The fraction of sp³-hybridized carbons (Fsp3) is 0.360. The first-order valence-electron chi connectivity index (χ1n) is 10.9. The second kappa shape index (κ2) is 9.85. The Bertz CT molecular complexity index is 1240. The Morgan fingerprint density at radius 3 is 2.61 bits per heavy atom. The van der Waals surface area contributed by atoms with E-state index in [0.29, 0.717) is 46.3 Å². The molecule has 1 aliphatic heterocycles. The van der Waals surface area contributed by atoms with Gasteiger partial charge >= 0.3 is 0 Å². The molecule has 1 atom stereocenters. The Balaban J connectivity index is 1.85. The molecule has 4 rings (SSSR count). The summed E-state index contributed by atoms with van der Waals surface area (Å²) in [6.07, 6.45) is 1.94. The van der Waals surface area contributed by atoms with Crippen molar-refractivity contribution in [2.75, 3.05) is 34.0 Å². The minimum atomic E-state index is -0.652. The molecule has 1 unspecified atom stereocenters. The molecular formula is C25H26ClNO6. The van der Waals surface area contributed by atoms with Crippen LogP contribution in [0.1, 0.15) is 47.5 Å². The van der Waals surface area contributed by atoms with E-state index >= 15 is 0 Å². The predicted molar refractivity (Wildman–Crippen MR) is 126 cm³/mol. The van der Waals surface area contributed by atoms with Crippen molar-refractivity contribution < 1.29 is 23.4 Å². The van der Waals surface area contributed by atoms with Gasteiger partial charge in [0.1, 0.15) is 5.58 Å². The summed E-state index contributed by atoms with van der Waals surface area (Å²) >= 11 is 6.13. The summed E-state index contributed by atoms with van der Waals surface area (Å²) in [5, 5.41) is 0.751. The van der Waals surface area contributed by atoms with E-state index in [2.05, 4.69) is 6.92 Å². The quantitative estimate of drug-likeness (QED) is 0.416. The number of unbranched alkanes of at least 4 members (excludes halogenated alkanes) is 1. The molecule has 7 nitrogen and oxygen atoms in total. The number of hydrogen-bond acceptors (Lipinski definition) is 6. The summed E-state index contributed by atoms with van der Waals surface area (Å²) in [5.41, 5.74) is 1.04. The van der Waals surface area contributed by atoms with Crippen molar-refractivity contribution in [2.45, 2.75) is 25.8 Å². The number of hydrogen-bond donors (Lipinski definition) is 0. The fourth-order valence-electron chi connectivity index (χ4n) is 4.06. The van der Waals surface area contributed by atoms with Crippen LogP contribution in [0.5, 0.6) is 11.5 Å². The number of carbonyl (C=O) groups excluding carboxylic acids is 1. The highest BCUT2D eigenvalue weighted by Gasteiger charge is 2.42. The maximum absolute atomic E-state index is 13.5. The molecule has 0 aliphatic carbocycles. The largest absolute Gasteiger partial charge is 0.493 e. The Hall–Kier alpha value is -3.03. The Morgan fingerprint density at radius 2 is 1.88 bits per heavy atom. The lowest BCUT2D eigenvalue weighted by atomic mass is 9.98. The van der Waals surface area contributed by atoms with Crippen molar-refractivity contribution in [3.63, 3.8) is 0 Å². The minimum Gasteiger partial charge on any atom is -0.493 e. The first kappa shape index (κ1) is 23.1.